The minimum atomic E-state index is 0.807. The standard InChI is InChI=1S/C13H11N5/c1-10-16-17-13(11-2-6-14-7-3-11)18(10)12-4-8-15-9-5-12/h2-9H,1H3. The van der Waals surface area contributed by atoms with Gasteiger partial charge in [-0.15, -0.1) is 10.2 Å². The fourth-order valence-corrected chi connectivity index (χ4v) is 1.85. The summed E-state index contributed by atoms with van der Waals surface area (Å²) < 4.78 is 2.00. The van der Waals surface area contributed by atoms with Crippen molar-refractivity contribution < 1.29 is 0 Å². The van der Waals surface area contributed by atoms with Crippen LogP contribution in [0.4, 0.5) is 0 Å². The summed E-state index contributed by atoms with van der Waals surface area (Å²) in [5.41, 5.74) is 1.99. The molecule has 5 nitrogen and oxygen atoms in total. The maximum Gasteiger partial charge on any atom is 0.168 e. The van der Waals surface area contributed by atoms with E-state index in [0.29, 0.717) is 0 Å². The number of nitrogens with zero attached hydrogens (tertiary/aromatic N) is 5. The summed E-state index contributed by atoms with van der Waals surface area (Å²) in [4.78, 5) is 8.04. The van der Waals surface area contributed by atoms with Gasteiger partial charge in [0.05, 0.1) is 5.69 Å². The molecule has 0 N–H and O–H groups in total. The third kappa shape index (κ3) is 1.75. The Hall–Kier alpha value is -2.56. The minimum absolute atomic E-state index is 0.807. The van der Waals surface area contributed by atoms with Crippen molar-refractivity contribution in [1.82, 2.24) is 24.7 Å². The van der Waals surface area contributed by atoms with E-state index in [0.717, 1.165) is 22.9 Å². The Labute approximate surface area is 104 Å². The van der Waals surface area contributed by atoms with E-state index >= 15 is 0 Å². The van der Waals surface area contributed by atoms with Crippen molar-refractivity contribution in [2.45, 2.75) is 6.92 Å². The van der Waals surface area contributed by atoms with Gasteiger partial charge in [0.25, 0.3) is 0 Å². The maximum absolute atomic E-state index is 4.23. The fraction of sp³-hybridized carbons (Fsp3) is 0.0769. The van der Waals surface area contributed by atoms with Gasteiger partial charge in [-0.1, -0.05) is 0 Å². The Bertz CT molecular complexity index is 646. The molecule has 0 unspecified atom stereocenters. The average molecular weight is 237 g/mol. The van der Waals surface area contributed by atoms with Gasteiger partial charge in [-0.3, -0.25) is 14.5 Å². The first-order valence-electron chi connectivity index (χ1n) is 5.59. The summed E-state index contributed by atoms with van der Waals surface area (Å²) in [5, 5.41) is 8.37. The second-order valence-electron chi connectivity index (χ2n) is 3.85. The highest BCUT2D eigenvalue weighted by molar-refractivity contribution is 5.57. The Morgan fingerprint density at radius 2 is 1.44 bits per heavy atom. The number of rotatable bonds is 2. The maximum atomic E-state index is 4.23. The second kappa shape index (κ2) is 4.37. The van der Waals surface area contributed by atoms with E-state index in [1.165, 1.54) is 0 Å². The number of hydrogen-bond acceptors (Lipinski definition) is 4. The molecule has 0 spiro atoms. The third-order valence-electron chi connectivity index (χ3n) is 2.68. The topological polar surface area (TPSA) is 56.5 Å². The molecule has 88 valence electrons. The molecule has 3 heterocycles. The predicted octanol–water partition coefficient (Wildman–Crippen LogP) is 2.03. The van der Waals surface area contributed by atoms with Crippen LogP contribution in [0.3, 0.4) is 0 Å². The number of aryl methyl sites for hydroxylation is 1. The first-order valence-corrected chi connectivity index (χ1v) is 5.59. The van der Waals surface area contributed by atoms with Crippen LogP contribution in [-0.4, -0.2) is 24.7 Å². The zero-order valence-corrected chi connectivity index (χ0v) is 9.85. The van der Waals surface area contributed by atoms with Gasteiger partial charge in [-0.25, -0.2) is 0 Å². The molecule has 0 bridgehead atoms. The van der Waals surface area contributed by atoms with Gasteiger partial charge in [-0.05, 0) is 31.2 Å². The highest BCUT2D eigenvalue weighted by Gasteiger charge is 2.12. The molecular weight excluding hydrogens is 226 g/mol. The van der Waals surface area contributed by atoms with Gasteiger partial charge in [0.1, 0.15) is 5.82 Å². The van der Waals surface area contributed by atoms with Crippen molar-refractivity contribution in [2.24, 2.45) is 0 Å². The van der Waals surface area contributed by atoms with Crippen LogP contribution in [0, 0.1) is 6.92 Å². The van der Waals surface area contributed by atoms with Crippen LogP contribution in [0.1, 0.15) is 5.82 Å². The third-order valence-corrected chi connectivity index (χ3v) is 2.68. The summed E-state index contributed by atoms with van der Waals surface area (Å²) in [6, 6.07) is 7.70. The first kappa shape index (κ1) is 10.6. The van der Waals surface area contributed by atoms with Gasteiger partial charge < -0.3 is 0 Å². The summed E-state index contributed by atoms with van der Waals surface area (Å²) in [6.07, 6.45) is 7.00. The largest absolute Gasteiger partial charge is 0.279 e. The SMILES string of the molecule is Cc1nnc(-c2ccncc2)n1-c1ccncc1. The Kier molecular flexibility index (Phi) is 2.57. The van der Waals surface area contributed by atoms with E-state index < -0.39 is 0 Å². The van der Waals surface area contributed by atoms with Gasteiger partial charge in [-0.2, -0.15) is 0 Å². The van der Waals surface area contributed by atoms with Crippen LogP contribution in [0.25, 0.3) is 17.1 Å². The van der Waals surface area contributed by atoms with E-state index in [4.69, 9.17) is 0 Å². The van der Waals surface area contributed by atoms with Crippen molar-refractivity contribution in [1.29, 1.82) is 0 Å². The lowest BCUT2D eigenvalue weighted by Crippen LogP contribution is -1.99. The lowest BCUT2D eigenvalue weighted by molar-refractivity contribution is 0.968. The highest BCUT2D eigenvalue weighted by atomic mass is 15.3. The Morgan fingerprint density at radius 1 is 0.833 bits per heavy atom. The number of pyridine rings is 2. The average Bonchev–Trinajstić information content (AvgIpc) is 2.83. The van der Waals surface area contributed by atoms with E-state index in [-0.39, 0.29) is 0 Å². The van der Waals surface area contributed by atoms with E-state index in [1.54, 1.807) is 24.8 Å². The summed E-state index contributed by atoms with van der Waals surface area (Å²) in [6.45, 7) is 1.93. The van der Waals surface area contributed by atoms with Crippen LogP contribution in [-0.2, 0) is 0 Å². The fourth-order valence-electron chi connectivity index (χ4n) is 1.85. The highest BCUT2D eigenvalue weighted by Crippen LogP contribution is 2.21. The zero-order valence-electron chi connectivity index (χ0n) is 9.85. The summed E-state index contributed by atoms with van der Waals surface area (Å²) in [5.74, 6) is 1.65. The number of aromatic nitrogens is 5. The molecule has 3 aromatic rings. The van der Waals surface area contributed by atoms with Crippen LogP contribution in [0.2, 0.25) is 0 Å². The smallest absolute Gasteiger partial charge is 0.168 e. The van der Waals surface area contributed by atoms with Gasteiger partial charge >= 0.3 is 0 Å². The minimum Gasteiger partial charge on any atom is -0.279 e. The first-order chi connectivity index (χ1) is 8.86. The monoisotopic (exact) mass is 237 g/mol. The summed E-state index contributed by atoms with van der Waals surface area (Å²) >= 11 is 0. The molecule has 0 fully saturated rings. The van der Waals surface area contributed by atoms with Gasteiger partial charge in [0, 0.05) is 30.4 Å². The molecule has 0 aliphatic rings. The molecule has 0 saturated heterocycles. The molecule has 5 heteroatoms. The molecule has 3 rings (SSSR count). The van der Waals surface area contributed by atoms with Crippen LogP contribution < -0.4 is 0 Å². The molecule has 0 radical (unpaired) electrons. The molecule has 0 aliphatic heterocycles. The molecule has 18 heavy (non-hydrogen) atoms. The molecule has 0 aromatic carbocycles. The second-order valence-corrected chi connectivity index (χ2v) is 3.85. The van der Waals surface area contributed by atoms with Crippen LogP contribution in [0.5, 0.6) is 0 Å². The van der Waals surface area contributed by atoms with Crippen LogP contribution >= 0.6 is 0 Å². The molecule has 0 saturated carbocycles. The van der Waals surface area contributed by atoms with Crippen molar-refractivity contribution in [3.05, 3.63) is 54.9 Å². The van der Waals surface area contributed by atoms with E-state index in [1.807, 2.05) is 35.8 Å². The predicted molar refractivity (Wildman–Crippen MR) is 67.1 cm³/mol. The van der Waals surface area contributed by atoms with E-state index in [9.17, 15) is 0 Å². The molecule has 0 atom stereocenters. The van der Waals surface area contributed by atoms with Crippen LogP contribution in [0.15, 0.2) is 49.1 Å². The van der Waals surface area contributed by atoms with Crippen molar-refractivity contribution in [3.63, 3.8) is 0 Å². The Morgan fingerprint density at radius 3 is 2.11 bits per heavy atom. The Balaban J connectivity index is 2.19. The van der Waals surface area contributed by atoms with Crippen molar-refractivity contribution in [3.8, 4) is 17.1 Å². The summed E-state index contributed by atoms with van der Waals surface area (Å²) in [7, 11) is 0. The van der Waals surface area contributed by atoms with Gasteiger partial charge in [0.15, 0.2) is 5.82 Å². The quantitative estimate of drug-likeness (QED) is 0.684. The lowest BCUT2D eigenvalue weighted by Gasteiger charge is -2.07. The molecule has 0 aliphatic carbocycles. The molecule has 0 amide bonds. The molecule has 3 aromatic heterocycles. The number of hydrogen-bond donors (Lipinski definition) is 0. The van der Waals surface area contributed by atoms with Crippen molar-refractivity contribution in [2.75, 3.05) is 0 Å². The zero-order chi connectivity index (χ0) is 12.4. The van der Waals surface area contributed by atoms with Gasteiger partial charge in [0.2, 0.25) is 0 Å². The van der Waals surface area contributed by atoms with Crippen molar-refractivity contribution >= 4 is 0 Å². The lowest BCUT2D eigenvalue weighted by atomic mass is 10.2. The van der Waals surface area contributed by atoms with E-state index in [2.05, 4.69) is 20.2 Å². The molecular formula is C13H11N5. The normalized spacial score (nSPS) is 10.5.